The fraction of sp³-hybridized carbons (Fsp3) is 0.391. The summed E-state index contributed by atoms with van der Waals surface area (Å²) in [5, 5.41) is 13.8. The first-order valence-corrected chi connectivity index (χ1v) is 10.0. The van der Waals surface area contributed by atoms with E-state index < -0.39 is 5.97 Å². The normalized spacial score (nSPS) is 19.3. The van der Waals surface area contributed by atoms with Crippen LogP contribution in [0.1, 0.15) is 35.1 Å². The lowest BCUT2D eigenvalue weighted by molar-refractivity contribution is -0.143. The second-order valence-corrected chi connectivity index (χ2v) is 7.57. The van der Waals surface area contributed by atoms with Gasteiger partial charge in [0.25, 0.3) is 0 Å². The number of piperidine rings is 1. The number of aryl methyl sites for hydroxylation is 2. The highest BCUT2D eigenvalue weighted by Gasteiger charge is 2.25. The van der Waals surface area contributed by atoms with E-state index in [-0.39, 0.29) is 5.92 Å². The number of rotatable bonds is 5. The lowest BCUT2D eigenvalue weighted by Gasteiger charge is -2.30. The molecule has 0 bridgehead atoms. The van der Waals surface area contributed by atoms with E-state index in [1.165, 1.54) is 11.1 Å². The zero-order valence-corrected chi connectivity index (χ0v) is 16.0. The molecule has 5 heteroatoms. The van der Waals surface area contributed by atoms with Crippen molar-refractivity contribution in [2.24, 2.45) is 11.1 Å². The van der Waals surface area contributed by atoms with Gasteiger partial charge < -0.3 is 9.94 Å². The van der Waals surface area contributed by atoms with Gasteiger partial charge in [-0.05, 0) is 43.4 Å². The van der Waals surface area contributed by atoms with Crippen LogP contribution in [-0.2, 0) is 22.5 Å². The molecule has 28 heavy (non-hydrogen) atoms. The van der Waals surface area contributed by atoms with Crippen molar-refractivity contribution in [3.05, 3.63) is 70.8 Å². The average Bonchev–Trinajstić information content (AvgIpc) is 2.88. The minimum absolute atomic E-state index is 0.263. The molecule has 0 saturated carbocycles. The average molecular weight is 378 g/mol. The van der Waals surface area contributed by atoms with Gasteiger partial charge in [-0.1, -0.05) is 53.7 Å². The highest BCUT2D eigenvalue weighted by atomic mass is 16.6. The van der Waals surface area contributed by atoms with Crippen LogP contribution in [0.2, 0.25) is 0 Å². The molecule has 1 atom stereocenters. The topological polar surface area (TPSA) is 62.1 Å². The molecule has 0 spiro atoms. The number of carboxylic acid groups (broad SMARTS) is 1. The molecular weight excluding hydrogens is 352 g/mol. The van der Waals surface area contributed by atoms with Crippen LogP contribution >= 0.6 is 0 Å². The van der Waals surface area contributed by atoms with E-state index in [0.717, 1.165) is 49.1 Å². The fourth-order valence-electron chi connectivity index (χ4n) is 4.19. The maximum absolute atomic E-state index is 11.2. The smallest absolute Gasteiger partial charge is 0.307 e. The number of aliphatic carboxylic acids is 1. The lowest BCUT2D eigenvalue weighted by Crippen LogP contribution is -2.40. The van der Waals surface area contributed by atoms with E-state index in [1.54, 1.807) is 0 Å². The number of oxime groups is 1. The van der Waals surface area contributed by atoms with Crippen LogP contribution in [0, 0.1) is 5.92 Å². The summed E-state index contributed by atoms with van der Waals surface area (Å²) >= 11 is 0. The Morgan fingerprint density at radius 1 is 1.07 bits per heavy atom. The maximum Gasteiger partial charge on any atom is 0.307 e. The molecule has 1 heterocycles. The molecule has 0 unspecified atom stereocenters. The van der Waals surface area contributed by atoms with Crippen molar-refractivity contribution < 1.29 is 14.7 Å². The number of benzene rings is 2. The predicted octanol–water partition coefficient (Wildman–Crippen LogP) is 3.35. The number of hydrogen-bond acceptors (Lipinski definition) is 4. The van der Waals surface area contributed by atoms with E-state index >= 15 is 0 Å². The number of nitrogens with zero attached hydrogens (tertiary/aromatic N) is 2. The van der Waals surface area contributed by atoms with Crippen molar-refractivity contribution in [1.29, 1.82) is 0 Å². The Bertz CT molecular complexity index is 828. The third kappa shape index (κ3) is 4.09. The standard InChI is InChI=1S/C23H26N2O3/c26-23(27)19-8-5-13-25(16-19)14-15-28-24-22-20-9-3-1-6-17(20)11-12-18-7-2-4-10-21(18)22/h1-4,6-7,9-10,19H,5,8,11-16H2,(H,26,27)/t19-/m1/s1. The summed E-state index contributed by atoms with van der Waals surface area (Å²) in [5.74, 6) is -0.960. The fourth-order valence-corrected chi connectivity index (χ4v) is 4.19. The number of likely N-dealkylation sites (tertiary alicyclic amines) is 1. The Labute approximate surface area is 165 Å². The molecule has 5 nitrogen and oxygen atoms in total. The molecule has 2 aromatic rings. The summed E-state index contributed by atoms with van der Waals surface area (Å²) in [4.78, 5) is 19.1. The Balaban J connectivity index is 1.47. The first-order valence-electron chi connectivity index (χ1n) is 10.0. The Kier molecular flexibility index (Phi) is 5.72. The second-order valence-electron chi connectivity index (χ2n) is 7.57. The monoisotopic (exact) mass is 378 g/mol. The molecule has 4 rings (SSSR count). The zero-order chi connectivity index (χ0) is 19.3. The van der Waals surface area contributed by atoms with E-state index in [0.29, 0.717) is 19.7 Å². The molecule has 1 saturated heterocycles. The van der Waals surface area contributed by atoms with Crippen molar-refractivity contribution in [2.45, 2.75) is 25.7 Å². The van der Waals surface area contributed by atoms with Crippen molar-refractivity contribution in [3.8, 4) is 0 Å². The third-order valence-electron chi connectivity index (χ3n) is 5.72. The van der Waals surface area contributed by atoms with E-state index in [9.17, 15) is 9.90 Å². The minimum Gasteiger partial charge on any atom is -0.481 e. The molecule has 146 valence electrons. The summed E-state index contributed by atoms with van der Waals surface area (Å²) in [5.41, 5.74) is 5.75. The maximum atomic E-state index is 11.2. The number of carboxylic acids is 1. The van der Waals surface area contributed by atoms with Gasteiger partial charge >= 0.3 is 5.97 Å². The van der Waals surface area contributed by atoms with E-state index in [4.69, 9.17) is 4.84 Å². The van der Waals surface area contributed by atoms with Crippen molar-refractivity contribution in [2.75, 3.05) is 26.2 Å². The van der Waals surface area contributed by atoms with Gasteiger partial charge in [0.05, 0.1) is 5.92 Å². The van der Waals surface area contributed by atoms with Crippen molar-refractivity contribution in [3.63, 3.8) is 0 Å². The van der Waals surface area contributed by atoms with Gasteiger partial charge in [0, 0.05) is 24.2 Å². The molecule has 1 aliphatic carbocycles. The van der Waals surface area contributed by atoms with E-state index in [1.807, 2.05) is 12.1 Å². The predicted molar refractivity (Wildman–Crippen MR) is 109 cm³/mol. The quantitative estimate of drug-likeness (QED) is 0.640. The van der Waals surface area contributed by atoms with Gasteiger partial charge in [0.15, 0.2) is 0 Å². The Morgan fingerprint density at radius 2 is 1.71 bits per heavy atom. The Hall–Kier alpha value is -2.66. The molecule has 2 aliphatic rings. The van der Waals surface area contributed by atoms with Gasteiger partial charge in [0.1, 0.15) is 12.3 Å². The van der Waals surface area contributed by atoms with Gasteiger partial charge in [-0.2, -0.15) is 0 Å². The van der Waals surface area contributed by atoms with Gasteiger partial charge in [-0.15, -0.1) is 0 Å². The van der Waals surface area contributed by atoms with Crippen LogP contribution < -0.4 is 0 Å². The first kappa shape index (κ1) is 18.7. The largest absolute Gasteiger partial charge is 0.481 e. The van der Waals surface area contributed by atoms with Crippen LogP contribution in [0.15, 0.2) is 53.7 Å². The minimum atomic E-state index is -0.697. The molecular formula is C23H26N2O3. The van der Waals surface area contributed by atoms with E-state index in [2.05, 4.69) is 46.5 Å². The molecule has 1 fully saturated rings. The summed E-state index contributed by atoms with van der Waals surface area (Å²) < 4.78 is 0. The highest BCUT2D eigenvalue weighted by molar-refractivity contribution is 6.14. The summed E-state index contributed by atoms with van der Waals surface area (Å²) in [6, 6.07) is 16.8. The van der Waals surface area contributed by atoms with Gasteiger partial charge in [0.2, 0.25) is 0 Å². The zero-order valence-electron chi connectivity index (χ0n) is 16.0. The molecule has 0 amide bonds. The number of fused-ring (bicyclic) bond motifs is 2. The SMILES string of the molecule is O=C(O)[C@@H]1CCCN(CCON=C2c3ccccc3CCc3ccccc32)C1. The molecule has 1 N–H and O–H groups in total. The van der Waals surface area contributed by atoms with Gasteiger partial charge in [-0.3, -0.25) is 9.69 Å². The van der Waals surface area contributed by atoms with Crippen LogP contribution in [0.5, 0.6) is 0 Å². The molecule has 1 aliphatic heterocycles. The Morgan fingerprint density at radius 3 is 2.36 bits per heavy atom. The molecule has 0 aromatic heterocycles. The van der Waals surface area contributed by atoms with Crippen LogP contribution in [0.4, 0.5) is 0 Å². The highest BCUT2D eigenvalue weighted by Crippen LogP contribution is 2.25. The summed E-state index contributed by atoms with van der Waals surface area (Å²) in [6.45, 7) is 2.68. The third-order valence-corrected chi connectivity index (χ3v) is 5.72. The van der Waals surface area contributed by atoms with Crippen LogP contribution in [-0.4, -0.2) is 47.9 Å². The lowest BCUT2D eigenvalue weighted by atomic mass is 9.98. The second kappa shape index (κ2) is 8.57. The number of carbonyl (C=O) groups is 1. The summed E-state index contributed by atoms with van der Waals surface area (Å²) in [7, 11) is 0. The first-order chi connectivity index (χ1) is 13.7. The molecule has 0 radical (unpaired) electrons. The van der Waals surface area contributed by atoms with Crippen molar-refractivity contribution >= 4 is 11.7 Å². The summed E-state index contributed by atoms with van der Waals surface area (Å²) in [6.07, 6.45) is 3.68. The van der Waals surface area contributed by atoms with Crippen LogP contribution in [0.25, 0.3) is 0 Å². The molecule has 2 aromatic carbocycles. The van der Waals surface area contributed by atoms with Gasteiger partial charge in [-0.25, -0.2) is 0 Å². The van der Waals surface area contributed by atoms with Crippen molar-refractivity contribution in [1.82, 2.24) is 4.90 Å². The number of hydrogen-bond donors (Lipinski definition) is 1. The van der Waals surface area contributed by atoms with Crippen LogP contribution in [0.3, 0.4) is 0 Å².